The molecular weight excluding hydrogens is 164 g/mol. The van der Waals surface area contributed by atoms with Gasteiger partial charge in [0.15, 0.2) is 0 Å². The van der Waals surface area contributed by atoms with E-state index in [0.29, 0.717) is 0 Å². The van der Waals surface area contributed by atoms with Crippen LogP contribution in [-0.4, -0.2) is 34.3 Å². The third kappa shape index (κ3) is 7.77. The Bertz CT molecular complexity index is 189. The Morgan fingerprint density at radius 3 is 2.36 bits per heavy atom. The van der Waals surface area contributed by atoms with Crippen LogP contribution in [0.5, 0.6) is 0 Å². The van der Waals surface area contributed by atoms with Gasteiger partial charge in [0.05, 0.1) is 6.26 Å². The molecule has 0 fully saturated rings. The molecule has 0 aromatic rings. The zero-order chi connectivity index (χ0) is 8.91. The van der Waals surface area contributed by atoms with Crippen LogP contribution >= 0.6 is 0 Å². The van der Waals surface area contributed by atoms with Crippen LogP contribution in [-0.2, 0) is 10.0 Å². The first-order valence-electron chi connectivity index (χ1n) is 3.57. The molecule has 0 rings (SSSR count). The lowest BCUT2D eigenvalue weighted by molar-refractivity contribution is 0.544. The Labute approximate surface area is 68.4 Å². The Balaban J connectivity index is 3.61. The van der Waals surface area contributed by atoms with Crippen LogP contribution in [0.25, 0.3) is 0 Å². The largest absolute Gasteiger partial charge is 0.320 e. The minimum Gasteiger partial charge on any atom is -0.320 e. The molecule has 0 aliphatic carbocycles. The predicted octanol–water partition coefficient (Wildman–Crippen LogP) is -0.466. The standard InChI is InChI=1S/C6H16N2O2S/c1-6(4-5-7-2)8-11(3,9)10/h6-8H,4-5H2,1-3H3. The fraction of sp³-hybridized carbons (Fsp3) is 1.00. The summed E-state index contributed by atoms with van der Waals surface area (Å²) in [5.74, 6) is 0. The molecule has 1 atom stereocenters. The van der Waals surface area contributed by atoms with Gasteiger partial charge in [-0.05, 0) is 26.9 Å². The average molecular weight is 180 g/mol. The highest BCUT2D eigenvalue weighted by Gasteiger charge is 2.06. The number of hydrogen-bond acceptors (Lipinski definition) is 3. The molecule has 0 aliphatic heterocycles. The van der Waals surface area contributed by atoms with E-state index in [4.69, 9.17) is 0 Å². The number of sulfonamides is 1. The molecule has 4 nitrogen and oxygen atoms in total. The van der Waals surface area contributed by atoms with Gasteiger partial charge in [-0.3, -0.25) is 0 Å². The van der Waals surface area contributed by atoms with Crippen molar-refractivity contribution in [1.29, 1.82) is 0 Å². The van der Waals surface area contributed by atoms with Crippen molar-refractivity contribution in [1.82, 2.24) is 10.0 Å². The number of hydrogen-bond donors (Lipinski definition) is 2. The van der Waals surface area contributed by atoms with Gasteiger partial charge in [0.1, 0.15) is 0 Å². The van der Waals surface area contributed by atoms with E-state index in [1.165, 1.54) is 6.26 Å². The first kappa shape index (κ1) is 10.9. The lowest BCUT2D eigenvalue weighted by Crippen LogP contribution is -2.33. The molecule has 0 saturated heterocycles. The summed E-state index contributed by atoms with van der Waals surface area (Å²) in [6, 6.07) is 0.0115. The molecule has 0 spiro atoms. The molecule has 11 heavy (non-hydrogen) atoms. The predicted molar refractivity (Wildman–Crippen MR) is 46.0 cm³/mol. The third-order valence-electron chi connectivity index (χ3n) is 1.24. The van der Waals surface area contributed by atoms with Crippen LogP contribution in [0.1, 0.15) is 13.3 Å². The Kier molecular flexibility index (Phi) is 4.63. The number of nitrogens with one attached hydrogen (secondary N) is 2. The smallest absolute Gasteiger partial charge is 0.208 e. The fourth-order valence-electron chi connectivity index (χ4n) is 0.785. The molecule has 0 aromatic heterocycles. The van der Waals surface area contributed by atoms with E-state index in [0.717, 1.165) is 13.0 Å². The Morgan fingerprint density at radius 1 is 1.45 bits per heavy atom. The maximum Gasteiger partial charge on any atom is 0.208 e. The summed E-state index contributed by atoms with van der Waals surface area (Å²) in [6.07, 6.45) is 1.98. The monoisotopic (exact) mass is 180 g/mol. The second-order valence-corrected chi connectivity index (χ2v) is 4.46. The molecule has 0 heterocycles. The van der Waals surface area contributed by atoms with Crippen LogP contribution in [0.3, 0.4) is 0 Å². The molecule has 0 amide bonds. The summed E-state index contributed by atoms with van der Waals surface area (Å²) in [4.78, 5) is 0. The molecule has 0 bridgehead atoms. The maximum absolute atomic E-state index is 10.7. The van der Waals surface area contributed by atoms with Gasteiger partial charge in [-0.2, -0.15) is 0 Å². The second-order valence-electron chi connectivity index (χ2n) is 2.68. The molecule has 68 valence electrons. The summed E-state index contributed by atoms with van der Waals surface area (Å²) in [7, 11) is -1.19. The zero-order valence-electron chi connectivity index (χ0n) is 7.22. The van der Waals surface area contributed by atoms with Crippen molar-refractivity contribution in [3.63, 3.8) is 0 Å². The van der Waals surface area contributed by atoms with Gasteiger partial charge in [0, 0.05) is 6.04 Å². The lowest BCUT2D eigenvalue weighted by Gasteiger charge is -2.10. The van der Waals surface area contributed by atoms with Crippen LogP contribution in [0.2, 0.25) is 0 Å². The van der Waals surface area contributed by atoms with E-state index in [2.05, 4.69) is 10.0 Å². The Hall–Kier alpha value is -0.130. The SMILES string of the molecule is CNCCC(C)NS(C)(=O)=O. The van der Waals surface area contributed by atoms with Gasteiger partial charge in [-0.25, -0.2) is 13.1 Å². The summed E-state index contributed by atoms with van der Waals surface area (Å²) in [5, 5.41) is 2.95. The molecule has 2 N–H and O–H groups in total. The average Bonchev–Trinajstić information content (AvgIpc) is 1.79. The fourth-order valence-corrected chi connectivity index (χ4v) is 1.63. The zero-order valence-corrected chi connectivity index (χ0v) is 8.03. The minimum absolute atomic E-state index is 0.0115. The molecule has 1 unspecified atom stereocenters. The van der Waals surface area contributed by atoms with E-state index >= 15 is 0 Å². The maximum atomic E-state index is 10.7. The van der Waals surface area contributed by atoms with Crippen molar-refractivity contribution in [2.75, 3.05) is 19.8 Å². The van der Waals surface area contributed by atoms with Gasteiger partial charge >= 0.3 is 0 Å². The number of rotatable bonds is 5. The highest BCUT2D eigenvalue weighted by atomic mass is 32.2. The second kappa shape index (κ2) is 4.69. The third-order valence-corrected chi connectivity index (χ3v) is 2.07. The summed E-state index contributed by atoms with van der Waals surface area (Å²) < 4.78 is 23.8. The van der Waals surface area contributed by atoms with E-state index in [9.17, 15) is 8.42 Å². The summed E-state index contributed by atoms with van der Waals surface area (Å²) in [6.45, 7) is 2.67. The van der Waals surface area contributed by atoms with E-state index in [-0.39, 0.29) is 6.04 Å². The van der Waals surface area contributed by atoms with Crippen LogP contribution in [0, 0.1) is 0 Å². The lowest BCUT2D eigenvalue weighted by atomic mass is 10.2. The van der Waals surface area contributed by atoms with Gasteiger partial charge in [-0.1, -0.05) is 0 Å². The van der Waals surface area contributed by atoms with Crippen LogP contribution < -0.4 is 10.0 Å². The minimum atomic E-state index is -3.03. The van der Waals surface area contributed by atoms with Crippen molar-refractivity contribution in [3.8, 4) is 0 Å². The van der Waals surface area contributed by atoms with Crippen molar-refractivity contribution in [2.45, 2.75) is 19.4 Å². The topological polar surface area (TPSA) is 58.2 Å². The highest BCUT2D eigenvalue weighted by Crippen LogP contribution is 1.90. The molecule has 0 aliphatic rings. The van der Waals surface area contributed by atoms with Gasteiger partial charge in [0.2, 0.25) is 10.0 Å². The first-order valence-corrected chi connectivity index (χ1v) is 5.46. The van der Waals surface area contributed by atoms with Crippen molar-refractivity contribution in [2.24, 2.45) is 0 Å². The molecular formula is C6H16N2O2S. The molecule has 5 heteroatoms. The summed E-state index contributed by atoms with van der Waals surface area (Å²) in [5.41, 5.74) is 0. The van der Waals surface area contributed by atoms with Gasteiger partial charge in [0.25, 0.3) is 0 Å². The Morgan fingerprint density at radius 2 is 2.00 bits per heavy atom. The molecule has 0 radical (unpaired) electrons. The van der Waals surface area contributed by atoms with E-state index in [1.54, 1.807) is 0 Å². The summed E-state index contributed by atoms with van der Waals surface area (Å²) >= 11 is 0. The van der Waals surface area contributed by atoms with Gasteiger partial charge in [-0.15, -0.1) is 0 Å². The first-order chi connectivity index (χ1) is 4.95. The molecule has 0 aromatic carbocycles. The van der Waals surface area contributed by atoms with Crippen molar-refractivity contribution < 1.29 is 8.42 Å². The van der Waals surface area contributed by atoms with Gasteiger partial charge < -0.3 is 5.32 Å². The van der Waals surface area contributed by atoms with Crippen molar-refractivity contribution >= 4 is 10.0 Å². The van der Waals surface area contributed by atoms with Crippen LogP contribution in [0.15, 0.2) is 0 Å². The quantitative estimate of drug-likeness (QED) is 0.601. The highest BCUT2D eigenvalue weighted by molar-refractivity contribution is 7.88. The normalized spacial score (nSPS) is 14.8. The van der Waals surface area contributed by atoms with Crippen LogP contribution in [0.4, 0.5) is 0 Å². The van der Waals surface area contributed by atoms with Crippen molar-refractivity contribution in [3.05, 3.63) is 0 Å². The van der Waals surface area contributed by atoms with E-state index < -0.39 is 10.0 Å². The van der Waals surface area contributed by atoms with E-state index in [1.807, 2.05) is 14.0 Å². The molecule has 0 saturated carbocycles.